The number of nitrogens with one attached hydrogen (secondary N) is 1. The molecule has 1 aromatic heterocycles. The van der Waals surface area contributed by atoms with Gasteiger partial charge in [-0.15, -0.1) is 0 Å². The van der Waals surface area contributed by atoms with E-state index in [0.29, 0.717) is 11.0 Å². The van der Waals surface area contributed by atoms with Crippen molar-refractivity contribution < 1.29 is 9.53 Å². The number of aromatic nitrogens is 2. The van der Waals surface area contributed by atoms with Gasteiger partial charge in [0.25, 0.3) is 0 Å². The lowest BCUT2D eigenvalue weighted by molar-refractivity contribution is -0.141. The van der Waals surface area contributed by atoms with Crippen molar-refractivity contribution in [2.45, 2.75) is 25.8 Å². The number of benzene rings is 1. The SMILES string of the molecule is COC(=O)C[C@H]1[C@H](C)Cc2cc(Br)cc3[nH]c(=O)c(=O)n1c23. The highest BCUT2D eigenvalue weighted by Gasteiger charge is 2.31. The third-order valence-electron chi connectivity index (χ3n) is 4.19. The molecule has 2 atom stereocenters. The molecule has 6 nitrogen and oxygen atoms in total. The summed E-state index contributed by atoms with van der Waals surface area (Å²) in [5, 5.41) is 0. The second-order valence-corrected chi connectivity index (χ2v) is 6.54. The summed E-state index contributed by atoms with van der Waals surface area (Å²) in [5.41, 5.74) is 0.957. The zero-order valence-corrected chi connectivity index (χ0v) is 13.8. The summed E-state index contributed by atoms with van der Waals surface area (Å²) in [7, 11) is 1.32. The van der Waals surface area contributed by atoms with E-state index in [9.17, 15) is 14.4 Å². The van der Waals surface area contributed by atoms with Gasteiger partial charge in [0.2, 0.25) is 0 Å². The van der Waals surface area contributed by atoms with Gasteiger partial charge < -0.3 is 9.72 Å². The Hall–Kier alpha value is -1.89. The smallest absolute Gasteiger partial charge is 0.317 e. The number of hydrogen-bond acceptors (Lipinski definition) is 4. The van der Waals surface area contributed by atoms with Crippen LogP contribution < -0.4 is 11.1 Å². The molecule has 3 rings (SSSR count). The summed E-state index contributed by atoms with van der Waals surface area (Å²) in [6.07, 6.45) is 0.800. The Kier molecular flexibility index (Phi) is 3.68. The molecule has 22 heavy (non-hydrogen) atoms. The fourth-order valence-electron chi connectivity index (χ4n) is 3.18. The van der Waals surface area contributed by atoms with E-state index in [1.807, 2.05) is 13.0 Å². The summed E-state index contributed by atoms with van der Waals surface area (Å²) in [4.78, 5) is 38.6. The van der Waals surface area contributed by atoms with Crippen LogP contribution in [0.25, 0.3) is 11.0 Å². The number of H-pyrrole nitrogens is 1. The first-order valence-electron chi connectivity index (χ1n) is 6.96. The van der Waals surface area contributed by atoms with Crippen molar-refractivity contribution in [3.8, 4) is 0 Å². The van der Waals surface area contributed by atoms with Crippen molar-refractivity contribution in [1.82, 2.24) is 9.55 Å². The van der Waals surface area contributed by atoms with Gasteiger partial charge in [-0.25, -0.2) is 0 Å². The first kappa shape index (κ1) is 15.0. The summed E-state index contributed by atoms with van der Waals surface area (Å²) >= 11 is 3.42. The van der Waals surface area contributed by atoms with Crippen LogP contribution in [-0.4, -0.2) is 22.6 Å². The molecule has 2 heterocycles. The molecule has 0 spiro atoms. The predicted molar refractivity (Wildman–Crippen MR) is 85.1 cm³/mol. The van der Waals surface area contributed by atoms with Gasteiger partial charge in [0.1, 0.15) is 0 Å². The third kappa shape index (κ3) is 2.29. The van der Waals surface area contributed by atoms with E-state index >= 15 is 0 Å². The summed E-state index contributed by atoms with van der Waals surface area (Å²) in [6.45, 7) is 1.97. The van der Waals surface area contributed by atoms with Gasteiger partial charge in [-0.05, 0) is 30.0 Å². The minimum atomic E-state index is -0.680. The number of rotatable bonds is 2. The van der Waals surface area contributed by atoms with Gasteiger partial charge in [0.05, 0.1) is 30.6 Å². The molecule has 0 fully saturated rings. The first-order chi connectivity index (χ1) is 10.4. The average molecular weight is 367 g/mol. The molecule has 0 aliphatic carbocycles. The molecule has 7 heteroatoms. The molecule has 1 N–H and O–H groups in total. The Morgan fingerprint density at radius 3 is 2.86 bits per heavy atom. The Morgan fingerprint density at radius 2 is 2.18 bits per heavy atom. The molecule has 0 saturated heterocycles. The lowest BCUT2D eigenvalue weighted by Gasteiger charge is -2.32. The van der Waals surface area contributed by atoms with Crippen molar-refractivity contribution in [3.63, 3.8) is 0 Å². The van der Waals surface area contributed by atoms with Crippen molar-refractivity contribution in [2.24, 2.45) is 5.92 Å². The monoisotopic (exact) mass is 366 g/mol. The number of methoxy groups -OCH3 is 1. The molecule has 1 aromatic carbocycles. The molecular weight excluding hydrogens is 352 g/mol. The predicted octanol–water partition coefficient (Wildman–Crippen LogP) is 1.75. The topological polar surface area (TPSA) is 81.2 Å². The van der Waals surface area contributed by atoms with Crippen LogP contribution in [0.1, 0.15) is 24.9 Å². The van der Waals surface area contributed by atoms with Crippen LogP contribution >= 0.6 is 15.9 Å². The number of nitrogens with zero attached hydrogens (tertiary/aromatic N) is 1. The highest BCUT2D eigenvalue weighted by atomic mass is 79.9. The molecular formula is C15H15BrN2O4. The Balaban J connectivity index is 2.34. The van der Waals surface area contributed by atoms with E-state index in [1.165, 1.54) is 11.7 Å². The number of esters is 1. The maximum Gasteiger partial charge on any atom is 0.317 e. The maximum absolute atomic E-state index is 12.4. The number of aromatic amines is 1. The maximum atomic E-state index is 12.4. The first-order valence-corrected chi connectivity index (χ1v) is 7.75. The van der Waals surface area contributed by atoms with E-state index < -0.39 is 17.1 Å². The zero-order valence-electron chi connectivity index (χ0n) is 12.2. The lowest BCUT2D eigenvalue weighted by Crippen LogP contribution is -2.43. The van der Waals surface area contributed by atoms with E-state index in [2.05, 4.69) is 20.9 Å². The fourth-order valence-corrected chi connectivity index (χ4v) is 3.68. The normalized spacial score (nSPS) is 20.1. The summed E-state index contributed by atoms with van der Waals surface area (Å²) in [6, 6.07) is 3.33. The standard InChI is InChI=1S/C15H15BrN2O4/c1-7-3-8-4-9(16)5-10-13(8)18(15(21)14(20)17-10)11(7)6-12(19)22-2/h4-5,7,11H,3,6H2,1-2H3,(H,17,20)/t7-,11+/m1/s1. The van der Waals surface area contributed by atoms with Crippen LogP contribution in [0.4, 0.5) is 0 Å². The molecule has 1 aliphatic rings. The van der Waals surface area contributed by atoms with Gasteiger partial charge >= 0.3 is 17.1 Å². The Morgan fingerprint density at radius 1 is 1.45 bits per heavy atom. The highest BCUT2D eigenvalue weighted by Crippen LogP contribution is 2.35. The zero-order chi connectivity index (χ0) is 16.0. The number of carbonyl (C=O) groups excluding carboxylic acids is 1. The number of halogens is 1. The summed E-state index contributed by atoms with van der Waals surface area (Å²) < 4.78 is 7.03. The highest BCUT2D eigenvalue weighted by molar-refractivity contribution is 9.10. The molecule has 0 saturated carbocycles. The number of ether oxygens (including phenoxy) is 1. The Bertz CT molecular complexity index is 883. The molecule has 1 aliphatic heterocycles. The van der Waals surface area contributed by atoms with E-state index in [1.54, 1.807) is 6.07 Å². The second kappa shape index (κ2) is 5.39. The molecule has 0 radical (unpaired) electrons. The van der Waals surface area contributed by atoms with Crippen LogP contribution in [0.2, 0.25) is 0 Å². The van der Waals surface area contributed by atoms with Crippen molar-refractivity contribution in [2.75, 3.05) is 7.11 Å². The number of hydrogen-bond donors (Lipinski definition) is 1. The molecule has 0 unspecified atom stereocenters. The average Bonchev–Trinajstić information content (AvgIpc) is 2.46. The van der Waals surface area contributed by atoms with Gasteiger partial charge in [-0.3, -0.25) is 19.0 Å². The Labute approximate surface area is 134 Å². The van der Waals surface area contributed by atoms with Crippen molar-refractivity contribution in [3.05, 3.63) is 42.9 Å². The molecule has 116 valence electrons. The largest absolute Gasteiger partial charge is 0.469 e. The van der Waals surface area contributed by atoms with E-state index in [4.69, 9.17) is 4.74 Å². The lowest BCUT2D eigenvalue weighted by atomic mass is 9.87. The van der Waals surface area contributed by atoms with E-state index in [0.717, 1.165) is 16.5 Å². The van der Waals surface area contributed by atoms with Gasteiger partial charge in [-0.1, -0.05) is 22.9 Å². The van der Waals surface area contributed by atoms with Crippen LogP contribution in [-0.2, 0) is 16.0 Å². The molecule has 0 bridgehead atoms. The van der Waals surface area contributed by atoms with E-state index in [-0.39, 0.29) is 18.4 Å². The van der Waals surface area contributed by atoms with Crippen LogP contribution in [0, 0.1) is 5.92 Å². The van der Waals surface area contributed by atoms with Crippen LogP contribution in [0.15, 0.2) is 26.2 Å². The van der Waals surface area contributed by atoms with Gasteiger partial charge in [0, 0.05) is 4.47 Å². The van der Waals surface area contributed by atoms with Gasteiger partial charge in [0.15, 0.2) is 0 Å². The van der Waals surface area contributed by atoms with Crippen molar-refractivity contribution in [1.29, 1.82) is 0 Å². The van der Waals surface area contributed by atoms with Gasteiger partial charge in [-0.2, -0.15) is 0 Å². The molecule has 0 amide bonds. The fraction of sp³-hybridized carbons (Fsp3) is 0.400. The number of carbonyl (C=O) groups is 1. The van der Waals surface area contributed by atoms with Crippen molar-refractivity contribution >= 4 is 32.9 Å². The minimum Gasteiger partial charge on any atom is -0.469 e. The second-order valence-electron chi connectivity index (χ2n) is 5.62. The minimum absolute atomic E-state index is 0.0450. The van der Waals surface area contributed by atoms with Crippen LogP contribution in [0.3, 0.4) is 0 Å². The quantitative estimate of drug-likeness (QED) is 0.648. The molecule has 2 aromatic rings. The third-order valence-corrected chi connectivity index (χ3v) is 4.65. The van der Waals surface area contributed by atoms with Crippen LogP contribution in [0.5, 0.6) is 0 Å². The summed E-state index contributed by atoms with van der Waals surface area (Å²) in [5.74, 6) is -0.346.